The largest absolute Gasteiger partial charge is 0.389 e. The van der Waals surface area contributed by atoms with Gasteiger partial charge in [0.05, 0.1) is 4.90 Å². The maximum Gasteiger partial charge on any atom is 0.241 e. The number of hydrogen-bond donors (Lipinski definition) is 2. The fourth-order valence-corrected chi connectivity index (χ4v) is 4.43. The van der Waals surface area contributed by atoms with Crippen molar-refractivity contribution in [1.82, 2.24) is 4.72 Å². The second-order valence-electron chi connectivity index (χ2n) is 4.72. The van der Waals surface area contributed by atoms with E-state index in [4.69, 9.17) is 18.0 Å². The number of thiocarbonyl (C=S) groups is 1. The molecule has 0 saturated heterocycles. The Kier molecular flexibility index (Phi) is 5.10. The Morgan fingerprint density at radius 2 is 2.10 bits per heavy atom. The number of thiophene rings is 1. The van der Waals surface area contributed by atoms with Crippen LogP contribution in [0.15, 0.2) is 46.0 Å². The number of nitrogens with two attached hydrogens (primary N) is 1. The van der Waals surface area contributed by atoms with Gasteiger partial charge in [0.2, 0.25) is 10.0 Å². The van der Waals surface area contributed by atoms with E-state index >= 15 is 0 Å². The van der Waals surface area contributed by atoms with Crippen LogP contribution in [0.3, 0.4) is 0 Å². The van der Waals surface area contributed by atoms with Gasteiger partial charge in [0, 0.05) is 11.6 Å². The molecule has 1 aromatic heterocycles. The Hall–Kier alpha value is -1.28. The zero-order chi connectivity index (χ0) is 15.5. The van der Waals surface area contributed by atoms with Crippen LogP contribution in [0.2, 0.25) is 0 Å². The quantitative estimate of drug-likeness (QED) is 0.792. The van der Waals surface area contributed by atoms with Gasteiger partial charge >= 0.3 is 0 Å². The lowest BCUT2D eigenvalue weighted by atomic mass is 10.1. The van der Waals surface area contributed by atoms with Crippen LogP contribution in [0.25, 0.3) is 0 Å². The molecule has 2 rings (SSSR count). The Bertz CT molecular complexity index is 724. The summed E-state index contributed by atoms with van der Waals surface area (Å²) < 4.78 is 27.6. The average molecular weight is 340 g/mol. The van der Waals surface area contributed by atoms with Crippen molar-refractivity contribution in [2.75, 3.05) is 0 Å². The Morgan fingerprint density at radius 3 is 2.71 bits per heavy atom. The summed E-state index contributed by atoms with van der Waals surface area (Å²) >= 11 is 6.50. The molecule has 1 atom stereocenters. The number of rotatable bonds is 6. The normalized spacial score (nSPS) is 13.0. The summed E-state index contributed by atoms with van der Waals surface area (Å²) in [6.45, 7) is 1.83. The van der Waals surface area contributed by atoms with Crippen LogP contribution in [0, 0.1) is 0 Å². The summed E-state index contributed by atoms with van der Waals surface area (Å²) in [5, 5.41) is 3.98. The molecule has 0 amide bonds. The van der Waals surface area contributed by atoms with Crippen LogP contribution in [0.1, 0.15) is 18.1 Å². The van der Waals surface area contributed by atoms with Gasteiger partial charge in [-0.1, -0.05) is 30.4 Å². The SMILES string of the molecule is CC(Cc1ccsc1)NS(=O)(=O)c1ccccc1C(N)=S. The second-order valence-corrected chi connectivity index (χ2v) is 7.62. The first-order chi connectivity index (χ1) is 9.90. The molecular weight excluding hydrogens is 324 g/mol. The van der Waals surface area contributed by atoms with Crippen molar-refractivity contribution in [2.45, 2.75) is 24.3 Å². The Balaban J connectivity index is 2.20. The monoisotopic (exact) mass is 340 g/mol. The molecule has 1 aromatic carbocycles. The Labute approximate surface area is 134 Å². The van der Waals surface area contributed by atoms with Crippen LogP contribution in [0.4, 0.5) is 0 Å². The topological polar surface area (TPSA) is 72.2 Å². The van der Waals surface area contributed by atoms with Crippen molar-refractivity contribution < 1.29 is 8.42 Å². The lowest BCUT2D eigenvalue weighted by Crippen LogP contribution is -2.35. The first kappa shape index (κ1) is 16.1. The van der Waals surface area contributed by atoms with Crippen molar-refractivity contribution in [1.29, 1.82) is 0 Å². The lowest BCUT2D eigenvalue weighted by molar-refractivity contribution is 0.560. The molecule has 0 aliphatic heterocycles. The number of sulfonamides is 1. The van der Waals surface area contributed by atoms with E-state index in [-0.39, 0.29) is 15.9 Å². The van der Waals surface area contributed by atoms with E-state index < -0.39 is 10.0 Å². The summed E-state index contributed by atoms with van der Waals surface area (Å²) in [7, 11) is -3.65. The van der Waals surface area contributed by atoms with Crippen molar-refractivity contribution in [3.63, 3.8) is 0 Å². The third-order valence-corrected chi connectivity index (χ3v) is 5.52. The predicted molar refractivity (Wildman–Crippen MR) is 90.1 cm³/mol. The van der Waals surface area contributed by atoms with Gasteiger partial charge in [0.25, 0.3) is 0 Å². The average Bonchev–Trinajstić information content (AvgIpc) is 2.90. The molecule has 0 spiro atoms. The minimum atomic E-state index is -3.65. The van der Waals surface area contributed by atoms with E-state index in [9.17, 15) is 8.42 Å². The molecule has 21 heavy (non-hydrogen) atoms. The second kappa shape index (κ2) is 6.65. The third kappa shape index (κ3) is 4.10. The van der Waals surface area contributed by atoms with Crippen LogP contribution >= 0.6 is 23.6 Å². The minimum Gasteiger partial charge on any atom is -0.389 e. The van der Waals surface area contributed by atoms with E-state index in [1.54, 1.807) is 29.5 Å². The maximum absolute atomic E-state index is 12.5. The number of hydrogen-bond acceptors (Lipinski definition) is 4. The molecule has 0 fully saturated rings. The van der Waals surface area contributed by atoms with E-state index in [1.165, 1.54) is 6.07 Å². The molecule has 1 heterocycles. The summed E-state index contributed by atoms with van der Waals surface area (Å²) in [5.74, 6) is 0. The third-order valence-electron chi connectivity index (χ3n) is 2.92. The van der Waals surface area contributed by atoms with E-state index in [0.717, 1.165) is 5.56 Å². The van der Waals surface area contributed by atoms with Gasteiger partial charge in [0.1, 0.15) is 4.99 Å². The van der Waals surface area contributed by atoms with Gasteiger partial charge in [-0.05, 0) is 41.8 Å². The van der Waals surface area contributed by atoms with Crippen molar-refractivity contribution in [3.05, 3.63) is 52.2 Å². The van der Waals surface area contributed by atoms with Gasteiger partial charge in [0.15, 0.2) is 0 Å². The molecule has 7 heteroatoms. The van der Waals surface area contributed by atoms with Crippen molar-refractivity contribution >= 4 is 38.6 Å². The Morgan fingerprint density at radius 1 is 1.38 bits per heavy atom. The summed E-state index contributed by atoms with van der Waals surface area (Å²) in [6, 6.07) is 8.25. The molecule has 0 aliphatic carbocycles. The molecule has 112 valence electrons. The zero-order valence-electron chi connectivity index (χ0n) is 11.4. The van der Waals surface area contributed by atoms with Crippen LogP contribution in [-0.2, 0) is 16.4 Å². The molecule has 3 N–H and O–H groups in total. The lowest BCUT2D eigenvalue weighted by Gasteiger charge is -2.15. The van der Waals surface area contributed by atoms with Crippen molar-refractivity contribution in [3.8, 4) is 0 Å². The summed E-state index contributed by atoms with van der Waals surface area (Å²) in [5.41, 5.74) is 7.07. The van der Waals surface area contributed by atoms with Gasteiger partial charge in [-0.2, -0.15) is 11.3 Å². The molecule has 0 bridgehead atoms. The van der Waals surface area contributed by atoms with E-state index in [1.807, 2.05) is 23.8 Å². The molecule has 1 unspecified atom stereocenters. The maximum atomic E-state index is 12.5. The van der Waals surface area contributed by atoms with E-state index in [0.29, 0.717) is 12.0 Å². The van der Waals surface area contributed by atoms with Crippen LogP contribution in [0.5, 0.6) is 0 Å². The van der Waals surface area contributed by atoms with Crippen LogP contribution in [-0.4, -0.2) is 19.4 Å². The molecule has 0 radical (unpaired) electrons. The highest BCUT2D eigenvalue weighted by molar-refractivity contribution is 7.89. The van der Waals surface area contributed by atoms with Gasteiger partial charge < -0.3 is 5.73 Å². The number of benzene rings is 1. The highest BCUT2D eigenvalue weighted by Crippen LogP contribution is 2.17. The number of nitrogens with one attached hydrogen (secondary N) is 1. The first-order valence-electron chi connectivity index (χ1n) is 6.32. The van der Waals surface area contributed by atoms with Crippen molar-refractivity contribution in [2.24, 2.45) is 5.73 Å². The molecular formula is C14H16N2O2S3. The molecule has 4 nitrogen and oxygen atoms in total. The molecule has 0 aliphatic rings. The van der Waals surface area contributed by atoms with Gasteiger partial charge in [-0.25, -0.2) is 13.1 Å². The predicted octanol–water partition coefficient (Wildman–Crippen LogP) is 2.29. The minimum absolute atomic E-state index is 0.0708. The fourth-order valence-electron chi connectivity index (χ4n) is 2.04. The van der Waals surface area contributed by atoms with Crippen LogP contribution < -0.4 is 10.5 Å². The molecule has 2 aromatic rings. The highest BCUT2D eigenvalue weighted by Gasteiger charge is 2.21. The summed E-state index contributed by atoms with van der Waals surface area (Å²) in [6.07, 6.45) is 0.637. The fraction of sp³-hybridized carbons (Fsp3) is 0.214. The smallest absolute Gasteiger partial charge is 0.241 e. The standard InChI is InChI=1S/C14H16N2O2S3/c1-10(8-11-6-7-20-9-11)16-21(17,18)13-5-3-2-4-12(13)14(15)19/h2-7,9-10,16H,8H2,1H3,(H2,15,19). The van der Waals surface area contributed by atoms with E-state index in [2.05, 4.69) is 4.72 Å². The van der Waals surface area contributed by atoms with Gasteiger partial charge in [-0.15, -0.1) is 0 Å². The van der Waals surface area contributed by atoms with Gasteiger partial charge in [-0.3, -0.25) is 0 Å². The highest BCUT2D eigenvalue weighted by atomic mass is 32.2. The summed E-state index contributed by atoms with van der Waals surface area (Å²) in [4.78, 5) is 0.191. The molecule has 0 saturated carbocycles. The first-order valence-corrected chi connectivity index (χ1v) is 9.16. The zero-order valence-corrected chi connectivity index (χ0v) is 13.9.